The largest absolute Gasteiger partial charge is 0.494 e. The highest BCUT2D eigenvalue weighted by molar-refractivity contribution is 6.30. The molecule has 2 amide bonds. The smallest absolute Gasteiger partial charge is 0.227 e. The van der Waals surface area contributed by atoms with Crippen LogP contribution >= 0.6 is 11.6 Å². The van der Waals surface area contributed by atoms with Crippen molar-refractivity contribution in [1.82, 2.24) is 5.32 Å². The molecule has 27 heavy (non-hydrogen) atoms. The van der Waals surface area contributed by atoms with Gasteiger partial charge < -0.3 is 15.0 Å². The molecule has 1 heterocycles. The molecule has 1 saturated heterocycles. The molecule has 0 radical (unpaired) electrons. The van der Waals surface area contributed by atoms with Crippen LogP contribution in [0.3, 0.4) is 0 Å². The fraction of sp³-hybridized carbons (Fsp3) is 0.333. The minimum Gasteiger partial charge on any atom is -0.494 e. The van der Waals surface area contributed by atoms with Crippen molar-refractivity contribution < 1.29 is 14.3 Å². The van der Waals surface area contributed by atoms with E-state index in [1.165, 1.54) is 0 Å². The van der Waals surface area contributed by atoms with Crippen LogP contribution in [0.5, 0.6) is 5.75 Å². The number of benzene rings is 2. The number of anilines is 1. The molecule has 0 saturated carbocycles. The second kappa shape index (κ2) is 8.91. The first-order chi connectivity index (χ1) is 13.1. The van der Waals surface area contributed by atoms with Gasteiger partial charge in [-0.25, -0.2) is 0 Å². The van der Waals surface area contributed by atoms with Crippen molar-refractivity contribution in [2.24, 2.45) is 5.92 Å². The zero-order chi connectivity index (χ0) is 19.2. The molecule has 2 aromatic carbocycles. The number of nitrogens with one attached hydrogen (secondary N) is 1. The average Bonchev–Trinajstić information content (AvgIpc) is 3.04. The van der Waals surface area contributed by atoms with Gasteiger partial charge in [0.1, 0.15) is 5.75 Å². The normalized spacial score (nSPS) is 16.4. The van der Waals surface area contributed by atoms with E-state index in [1.807, 2.05) is 55.5 Å². The van der Waals surface area contributed by atoms with Gasteiger partial charge in [0.2, 0.25) is 11.8 Å². The summed E-state index contributed by atoms with van der Waals surface area (Å²) in [6.45, 7) is 3.44. The predicted molar refractivity (Wildman–Crippen MR) is 106 cm³/mol. The molecule has 1 N–H and O–H groups in total. The molecule has 5 nitrogen and oxygen atoms in total. The van der Waals surface area contributed by atoms with Crippen molar-refractivity contribution >= 4 is 29.1 Å². The Kier molecular flexibility index (Phi) is 6.35. The minimum atomic E-state index is -0.330. The van der Waals surface area contributed by atoms with E-state index in [0.717, 1.165) is 17.0 Å². The summed E-state index contributed by atoms with van der Waals surface area (Å²) in [5.41, 5.74) is 1.86. The fourth-order valence-corrected chi connectivity index (χ4v) is 3.40. The van der Waals surface area contributed by atoms with E-state index in [4.69, 9.17) is 16.3 Å². The first kappa shape index (κ1) is 19.2. The topological polar surface area (TPSA) is 58.6 Å². The summed E-state index contributed by atoms with van der Waals surface area (Å²) in [5.74, 6) is 0.319. The molecule has 0 aliphatic carbocycles. The first-order valence-corrected chi connectivity index (χ1v) is 9.50. The van der Waals surface area contributed by atoms with Gasteiger partial charge in [-0.3, -0.25) is 9.59 Å². The summed E-state index contributed by atoms with van der Waals surface area (Å²) in [5, 5.41) is 3.62. The summed E-state index contributed by atoms with van der Waals surface area (Å²) in [6, 6.07) is 15.0. The van der Waals surface area contributed by atoms with E-state index in [0.29, 0.717) is 31.1 Å². The van der Waals surface area contributed by atoms with Crippen LogP contribution in [0.15, 0.2) is 48.5 Å². The monoisotopic (exact) mass is 386 g/mol. The quantitative estimate of drug-likeness (QED) is 0.792. The van der Waals surface area contributed by atoms with Crippen LogP contribution in [-0.2, 0) is 16.0 Å². The second-order valence-corrected chi connectivity index (χ2v) is 6.94. The van der Waals surface area contributed by atoms with E-state index in [9.17, 15) is 9.59 Å². The molecule has 1 aliphatic heterocycles. The minimum absolute atomic E-state index is 0.0332. The Bertz CT molecular complexity index is 807. The number of amides is 2. The predicted octanol–water partition coefficient (Wildman–Crippen LogP) is 3.45. The maximum absolute atomic E-state index is 12.4. The second-order valence-electron chi connectivity index (χ2n) is 6.50. The highest BCUT2D eigenvalue weighted by Crippen LogP contribution is 2.27. The Morgan fingerprint density at radius 1 is 1.26 bits per heavy atom. The van der Waals surface area contributed by atoms with Gasteiger partial charge in [0.05, 0.1) is 12.5 Å². The van der Waals surface area contributed by atoms with Gasteiger partial charge in [-0.1, -0.05) is 23.7 Å². The van der Waals surface area contributed by atoms with Gasteiger partial charge in [0.25, 0.3) is 0 Å². The molecular formula is C21H23ClN2O3. The Labute approximate surface area is 164 Å². The third-order valence-electron chi connectivity index (χ3n) is 4.56. The van der Waals surface area contributed by atoms with Crippen LogP contribution in [-0.4, -0.2) is 31.5 Å². The van der Waals surface area contributed by atoms with E-state index in [1.54, 1.807) is 4.90 Å². The molecule has 2 aromatic rings. The Morgan fingerprint density at radius 2 is 2.04 bits per heavy atom. The molecule has 0 aromatic heterocycles. The molecule has 0 spiro atoms. The van der Waals surface area contributed by atoms with Crippen molar-refractivity contribution in [3.63, 3.8) is 0 Å². The highest BCUT2D eigenvalue weighted by atomic mass is 35.5. The van der Waals surface area contributed by atoms with Crippen molar-refractivity contribution in [2.45, 2.75) is 19.8 Å². The Morgan fingerprint density at radius 3 is 2.74 bits per heavy atom. The molecular weight excluding hydrogens is 364 g/mol. The maximum Gasteiger partial charge on any atom is 0.227 e. The number of rotatable bonds is 7. The van der Waals surface area contributed by atoms with Crippen LogP contribution in [0.2, 0.25) is 5.02 Å². The number of nitrogens with zero attached hydrogens (tertiary/aromatic N) is 1. The highest BCUT2D eigenvalue weighted by Gasteiger charge is 2.34. The number of carbonyl (C=O) groups is 2. The van der Waals surface area contributed by atoms with Gasteiger partial charge >= 0.3 is 0 Å². The third kappa shape index (κ3) is 5.01. The number of carbonyl (C=O) groups excluding carboxylic acids is 2. The van der Waals surface area contributed by atoms with Crippen LogP contribution in [0, 0.1) is 5.92 Å². The molecule has 1 atom stereocenters. The lowest BCUT2D eigenvalue weighted by Gasteiger charge is -2.17. The number of halogens is 1. The summed E-state index contributed by atoms with van der Waals surface area (Å²) in [7, 11) is 0. The van der Waals surface area contributed by atoms with Gasteiger partial charge in [-0.15, -0.1) is 0 Å². The van der Waals surface area contributed by atoms with Crippen LogP contribution < -0.4 is 15.0 Å². The van der Waals surface area contributed by atoms with Crippen molar-refractivity contribution in [1.29, 1.82) is 0 Å². The van der Waals surface area contributed by atoms with Gasteiger partial charge in [0.15, 0.2) is 0 Å². The molecule has 0 bridgehead atoms. The van der Waals surface area contributed by atoms with Crippen LogP contribution in [0.25, 0.3) is 0 Å². The average molecular weight is 387 g/mol. The first-order valence-electron chi connectivity index (χ1n) is 9.12. The fourth-order valence-electron chi connectivity index (χ4n) is 3.19. The lowest BCUT2D eigenvalue weighted by Crippen LogP contribution is -2.34. The molecule has 1 unspecified atom stereocenters. The van der Waals surface area contributed by atoms with Gasteiger partial charge in [-0.05, 0) is 55.3 Å². The molecule has 142 valence electrons. The van der Waals surface area contributed by atoms with Gasteiger partial charge in [-0.2, -0.15) is 0 Å². The summed E-state index contributed by atoms with van der Waals surface area (Å²) in [4.78, 5) is 26.4. The van der Waals surface area contributed by atoms with E-state index in [-0.39, 0.29) is 24.2 Å². The number of hydrogen-bond acceptors (Lipinski definition) is 3. The zero-order valence-corrected chi connectivity index (χ0v) is 16.0. The SMILES string of the molecule is CCOc1ccc(N2CC(C(=O)NCCc3cccc(Cl)c3)CC2=O)cc1. The lowest BCUT2D eigenvalue weighted by molar-refractivity contribution is -0.126. The Balaban J connectivity index is 1.52. The van der Waals surface area contributed by atoms with E-state index >= 15 is 0 Å². The zero-order valence-electron chi connectivity index (χ0n) is 15.3. The number of hydrogen-bond donors (Lipinski definition) is 1. The van der Waals surface area contributed by atoms with Crippen molar-refractivity contribution in [3.8, 4) is 5.75 Å². The third-order valence-corrected chi connectivity index (χ3v) is 4.79. The molecule has 1 fully saturated rings. The Hall–Kier alpha value is -2.53. The van der Waals surface area contributed by atoms with Gasteiger partial charge in [0, 0.05) is 30.2 Å². The summed E-state index contributed by atoms with van der Waals surface area (Å²) in [6.07, 6.45) is 0.936. The summed E-state index contributed by atoms with van der Waals surface area (Å²) >= 11 is 5.97. The van der Waals surface area contributed by atoms with Crippen LogP contribution in [0.1, 0.15) is 18.9 Å². The molecule has 1 aliphatic rings. The van der Waals surface area contributed by atoms with Crippen LogP contribution in [0.4, 0.5) is 5.69 Å². The van der Waals surface area contributed by atoms with E-state index < -0.39 is 0 Å². The standard InChI is InChI=1S/C21H23ClN2O3/c1-2-27-19-8-6-18(7-9-19)24-14-16(13-20(24)25)21(26)23-11-10-15-4-3-5-17(22)12-15/h3-9,12,16H,2,10-11,13-14H2,1H3,(H,23,26). The van der Waals surface area contributed by atoms with E-state index in [2.05, 4.69) is 5.32 Å². The van der Waals surface area contributed by atoms with Crippen molar-refractivity contribution in [3.05, 3.63) is 59.1 Å². The lowest BCUT2D eigenvalue weighted by atomic mass is 10.1. The summed E-state index contributed by atoms with van der Waals surface area (Å²) < 4.78 is 5.42. The number of ether oxygens (including phenoxy) is 1. The van der Waals surface area contributed by atoms with Crippen molar-refractivity contribution in [2.75, 3.05) is 24.6 Å². The maximum atomic E-state index is 12.4. The molecule has 6 heteroatoms. The molecule has 3 rings (SSSR count).